The first-order valence-corrected chi connectivity index (χ1v) is 7.78. The molecule has 1 aliphatic carbocycles. The number of Topliss-reactive ketones (excluding diaryl/α,β-unsaturated/α-hetero) is 2. The normalized spacial score (nSPS) is 14.4. The third-order valence-electron chi connectivity index (χ3n) is 3.78. The average Bonchev–Trinajstić information content (AvgIpc) is 2.51. The number of carbonyl (C=O) groups excluding carboxylic acids is 2. The highest BCUT2D eigenvalue weighted by atomic mass is 127. The van der Waals surface area contributed by atoms with Crippen molar-refractivity contribution in [2.75, 3.05) is 0 Å². The van der Waals surface area contributed by atoms with Gasteiger partial charge in [-0.1, -0.05) is 36.4 Å². The average molecular weight is 388 g/mol. The molecule has 0 radical (unpaired) electrons. The van der Waals surface area contributed by atoms with Gasteiger partial charge >= 0.3 is 0 Å². The van der Waals surface area contributed by atoms with Crippen molar-refractivity contribution in [3.8, 4) is 0 Å². The van der Waals surface area contributed by atoms with Crippen LogP contribution in [-0.2, 0) is 6.42 Å². The van der Waals surface area contributed by atoms with E-state index >= 15 is 0 Å². The summed E-state index contributed by atoms with van der Waals surface area (Å²) < 4.78 is 1.15. The van der Waals surface area contributed by atoms with Crippen molar-refractivity contribution in [2.45, 2.75) is 13.3 Å². The molecule has 104 valence electrons. The van der Waals surface area contributed by atoms with Crippen molar-refractivity contribution >= 4 is 34.2 Å². The number of benzene rings is 2. The van der Waals surface area contributed by atoms with Crippen LogP contribution in [0.3, 0.4) is 0 Å². The molecule has 2 nitrogen and oxygen atoms in total. The molecule has 0 amide bonds. The Morgan fingerprint density at radius 3 is 2.05 bits per heavy atom. The summed E-state index contributed by atoms with van der Waals surface area (Å²) in [5.41, 5.74) is 3.27. The topological polar surface area (TPSA) is 34.1 Å². The monoisotopic (exact) mass is 388 g/mol. The Kier molecular flexibility index (Phi) is 3.76. The predicted molar refractivity (Wildman–Crippen MR) is 90.7 cm³/mol. The maximum Gasteiger partial charge on any atom is 0.190 e. The van der Waals surface area contributed by atoms with Crippen LogP contribution in [0.5, 0.6) is 0 Å². The van der Waals surface area contributed by atoms with Gasteiger partial charge in [-0.05, 0) is 47.2 Å². The Morgan fingerprint density at radius 2 is 1.43 bits per heavy atom. The third kappa shape index (κ3) is 2.58. The number of rotatable bonds is 2. The molecule has 0 atom stereocenters. The highest BCUT2D eigenvalue weighted by molar-refractivity contribution is 14.1. The quantitative estimate of drug-likeness (QED) is 0.722. The molecule has 0 aromatic heterocycles. The van der Waals surface area contributed by atoms with Gasteiger partial charge in [0.25, 0.3) is 0 Å². The molecule has 0 bridgehead atoms. The molecular weight excluding hydrogens is 375 g/mol. The van der Waals surface area contributed by atoms with E-state index in [0.717, 1.165) is 9.13 Å². The molecule has 3 rings (SSSR count). The van der Waals surface area contributed by atoms with Gasteiger partial charge in [-0.3, -0.25) is 9.59 Å². The SMILES string of the molecule is CC1=C(Cc2ccc(I)cc2)C(=O)c2ccccc2C1=O. The first-order valence-electron chi connectivity index (χ1n) is 6.70. The van der Waals surface area contributed by atoms with Crippen molar-refractivity contribution in [3.63, 3.8) is 0 Å². The van der Waals surface area contributed by atoms with Gasteiger partial charge in [-0.2, -0.15) is 0 Å². The Morgan fingerprint density at radius 1 is 0.857 bits per heavy atom. The van der Waals surface area contributed by atoms with E-state index in [1.807, 2.05) is 24.3 Å². The number of fused-ring (bicyclic) bond motifs is 1. The fourth-order valence-electron chi connectivity index (χ4n) is 2.57. The van der Waals surface area contributed by atoms with Gasteiger partial charge in [-0.15, -0.1) is 0 Å². The van der Waals surface area contributed by atoms with E-state index in [0.29, 0.717) is 28.7 Å². The Balaban J connectivity index is 2.02. The highest BCUT2D eigenvalue weighted by Gasteiger charge is 2.29. The number of halogens is 1. The van der Waals surface area contributed by atoms with Crippen LogP contribution in [0.25, 0.3) is 0 Å². The van der Waals surface area contributed by atoms with Crippen LogP contribution < -0.4 is 0 Å². The molecule has 0 heterocycles. The van der Waals surface area contributed by atoms with Crippen LogP contribution in [0.2, 0.25) is 0 Å². The molecule has 1 aliphatic rings. The molecule has 2 aromatic rings. The zero-order chi connectivity index (χ0) is 15.0. The summed E-state index contributed by atoms with van der Waals surface area (Å²) in [7, 11) is 0. The maximum atomic E-state index is 12.6. The lowest BCUT2D eigenvalue weighted by molar-refractivity contribution is 0.0973. The molecule has 0 N–H and O–H groups in total. The summed E-state index contributed by atoms with van der Waals surface area (Å²) >= 11 is 2.25. The number of hydrogen-bond acceptors (Lipinski definition) is 2. The molecule has 0 saturated carbocycles. The summed E-state index contributed by atoms with van der Waals surface area (Å²) in [6.07, 6.45) is 0.502. The minimum atomic E-state index is -0.0364. The van der Waals surface area contributed by atoms with E-state index in [2.05, 4.69) is 22.6 Å². The number of hydrogen-bond donors (Lipinski definition) is 0. The van der Waals surface area contributed by atoms with E-state index < -0.39 is 0 Å². The third-order valence-corrected chi connectivity index (χ3v) is 4.50. The number of carbonyl (C=O) groups is 2. The van der Waals surface area contributed by atoms with Gasteiger partial charge in [0, 0.05) is 32.3 Å². The lowest BCUT2D eigenvalue weighted by Gasteiger charge is -2.19. The molecule has 3 heteroatoms. The largest absolute Gasteiger partial charge is 0.289 e. The molecule has 0 unspecified atom stereocenters. The second kappa shape index (κ2) is 5.56. The van der Waals surface area contributed by atoms with Gasteiger partial charge in [0.2, 0.25) is 0 Å². The summed E-state index contributed by atoms with van der Waals surface area (Å²) in [5.74, 6) is -0.0630. The molecule has 0 fully saturated rings. The van der Waals surface area contributed by atoms with Gasteiger partial charge in [0.05, 0.1) is 0 Å². The van der Waals surface area contributed by atoms with E-state index in [-0.39, 0.29) is 11.6 Å². The van der Waals surface area contributed by atoms with Crippen molar-refractivity contribution in [2.24, 2.45) is 0 Å². The Labute approximate surface area is 137 Å². The van der Waals surface area contributed by atoms with Crippen molar-refractivity contribution in [3.05, 3.63) is 79.9 Å². The van der Waals surface area contributed by atoms with E-state index in [4.69, 9.17) is 0 Å². The number of ketones is 2. The Bertz CT molecular complexity index is 770. The minimum Gasteiger partial charge on any atom is -0.289 e. The number of allylic oxidation sites excluding steroid dienone is 2. The van der Waals surface area contributed by atoms with E-state index in [1.54, 1.807) is 31.2 Å². The first kappa shape index (κ1) is 14.2. The van der Waals surface area contributed by atoms with Gasteiger partial charge in [0.15, 0.2) is 11.6 Å². The lowest BCUT2D eigenvalue weighted by atomic mass is 9.82. The van der Waals surface area contributed by atoms with Crippen LogP contribution >= 0.6 is 22.6 Å². The molecule has 0 saturated heterocycles. The summed E-state index contributed by atoms with van der Waals surface area (Å²) in [5, 5.41) is 0. The maximum absolute atomic E-state index is 12.6. The lowest BCUT2D eigenvalue weighted by Crippen LogP contribution is -2.22. The van der Waals surface area contributed by atoms with Crippen LogP contribution in [0.4, 0.5) is 0 Å². The van der Waals surface area contributed by atoms with Crippen LogP contribution in [0, 0.1) is 3.57 Å². The molecule has 0 spiro atoms. The fraction of sp³-hybridized carbons (Fsp3) is 0.111. The molecule has 0 aliphatic heterocycles. The summed E-state index contributed by atoms with van der Waals surface area (Å²) in [6, 6.07) is 15.1. The fourth-order valence-corrected chi connectivity index (χ4v) is 2.93. The van der Waals surface area contributed by atoms with Crippen molar-refractivity contribution in [1.82, 2.24) is 0 Å². The van der Waals surface area contributed by atoms with Crippen LogP contribution in [0.1, 0.15) is 33.2 Å². The van der Waals surface area contributed by atoms with Gasteiger partial charge < -0.3 is 0 Å². The highest BCUT2D eigenvalue weighted by Crippen LogP contribution is 2.28. The second-order valence-electron chi connectivity index (χ2n) is 5.11. The molecule has 2 aromatic carbocycles. The smallest absolute Gasteiger partial charge is 0.190 e. The van der Waals surface area contributed by atoms with E-state index in [9.17, 15) is 9.59 Å². The zero-order valence-electron chi connectivity index (χ0n) is 11.5. The molecular formula is C18H13IO2. The van der Waals surface area contributed by atoms with Crippen LogP contribution in [0.15, 0.2) is 59.7 Å². The van der Waals surface area contributed by atoms with E-state index in [1.165, 1.54) is 0 Å². The summed E-state index contributed by atoms with van der Waals surface area (Å²) in [6.45, 7) is 1.75. The van der Waals surface area contributed by atoms with Gasteiger partial charge in [0.1, 0.15) is 0 Å². The zero-order valence-corrected chi connectivity index (χ0v) is 13.7. The second-order valence-corrected chi connectivity index (χ2v) is 6.36. The standard InChI is InChI=1S/C18H13IO2/c1-11-16(10-12-6-8-13(19)9-7-12)18(21)15-5-3-2-4-14(15)17(11)20/h2-9H,10H2,1H3. The minimum absolute atomic E-state index is 0.0266. The van der Waals surface area contributed by atoms with Crippen molar-refractivity contribution < 1.29 is 9.59 Å². The summed E-state index contributed by atoms with van der Waals surface area (Å²) in [4.78, 5) is 25.0. The van der Waals surface area contributed by atoms with Gasteiger partial charge in [-0.25, -0.2) is 0 Å². The Hall–Kier alpha value is -1.75. The van der Waals surface area contributed by atoms with Crippen molar-refractivity contribution in [1.29, 1.82) is 0 Å². The predicted octanol–water partition coefficient (Wildman–Crippen LogP) is 4.23. The molecule has 21 heavy (non-hydrogen) atoms. The van der Waals surface area contributed by atoms with Crippen LogP contribution in [-0.4, -0.2) is 11.6 Å². The first-order chi connectivity index (χ1) is 10.1.